The van der Waals surface area contributed by atoms with Gasteiger partial charge in [0.25, 0.3) is 5.78 Å². The van der Waals surface area contributed by atoms with Crippen LogP contribution < -0.4 is 9.80 Å². The predicted octanol–water partition coefficient (Wildman–Crippen LogP) is 2.94. The average Bonchev–Trinajstić information content (AvgIpc) is 3.10. The fourth-order valence-corrected chi connectivity index (χ4v) is 3.93. The molecule has 3 aromatic rings. The molecule has 0 atom stereocenters. The van der Waals surface area contributed by atoms with Crippen molar-refractivity contribution >= 4 is 17.3 Å². The van der Waals surface area contributed by atoms with Crippen LogP contribution in [0.4, 0.5) is 11.5 Å². The molecular formula is C20H26N6. The van der Waals surface area contributed by atoms with E-state index in [-0.39, 0.29) is 0 Å². The van der Waals surface area contributed by atoms with E-state index in [0.29, 0.717) is 5.78 Å². The number of anilines is 2. The van der Waals surface area contributed by atoms with E-state index in [9.17, 15) is 0 Å². The molecule has 26 heavy (non-hydrogen) atoms. The van der Waals surface area contributed by atoms with Crippen LogP contribution >= 0.6 is 0 Å². The fraction of sp³-hybridized carbons (Fsp3) is 0.450. The van der Waals surface area contributed by atoms with Crippen molar-refractivity contribution in [3.05, 3.63) is 46.9 Å². The lowest BCUT2D eigenvalue weighted by Gasteiger charge is -2.38. The Balaban J connectivity index is 1.64. The topological polar surface area (TPSA) is 49.6 Å². The van der Waals surface area contributed by atoms with Gasteiger partial charge in [0.05, 0.1) is 0 Å². The van der Waals surface area contributed by atoms with E-state index in [2.05, 4.69) is 70.8 Å². The van der Waals surface area contributed by atoms with Gasteiger partial charge in [-0.25, -0.2) is 4.98 Å². The zero-order valence-electron chi connectivity index (χ0n) is 16.0. The quantitative estimate of drug-likeness (QED) is 0.727. The Kier molecular flexibility index (Phi) is 4.26. The summed E-state index contributed by atoms with van der Waals surface area (Å²) >= 11 is 0. The van der Waals surface area contributed by atoms with Crippen molar-refractivity contribution in [3.63, 3.8) is 0 Å². The molecule has 1 fully saturated rings. The minimum absolute atomic E-state index is 0.687. The first kappa shape index (κ1) is 16.8. The number of benzene rings is 1. The lowest BCUT2D eigenvalue weighted by molar-refractivity contribution is 0.633. The van der Waals surface area contributed by atoms with Crippen LogP contribution in [-0.4, -0.2) is 45.8 Å². The predicted molar refractivity (Wildman–Crippen MR) is 105 cm³/mol. The summed E-state index contributed by atoms with van der Waals surface area (Å²) in [4.78, 5) is 13.8. The van der Waals surface area contributed by atoms with Gasteiger partial charge >= 0.3 is 0 Å². The van der Waals surface area contributed by atoms with Gasteiger partial charge in [0.15, 0.2) is 0 Å². The number of aryl methyl sites for hydroxylation is 3. The molecule has 3 heterocycles. The molecule has 4 rings (SSSR count). The highest BCUT2D eigenvalue weighted by molar-refractivity contribution is 5.59. The molecule has 0 bridgehead atoms. The second-order valence-electron chi connectivity index (χ2n) is 7.09. The first-order valence-corrected chi connectivity index (χ1v) is 9.35. The maximum atomic E-state index is 4.60. The number of piperazine rings is 1. The molecule has 0 radical (unpaired) electrons. The van der Waals surface area contributed by atoms with Crippen LogP contribution in [0.2, 0.25) is 0 Å². The van der Waals surface area contributed by atoms with Crippen LogP contribution in [0, 0.1) is 20.8 Å². The molecule has 6 nitrogen and oxygen atoms in total. The summed E-state index contributed by atoms with van der Waals surface area (Å²) in [5.74, 6) is 1.85. The summed E-state index contributed by atoms with van der Waals surface area (Å²) in [6.07, 6.45) is 2.54. The van der Waals surface area contributed by atoms with Crippen molar-refractivity contribution in [3.8, 4) is 0 Å². The molecule has 0 N–H and O–H groups in total. The molecule has 0 unspecified atom stereocenters. The number of rotatable bonds is 3. The highest BCUT2D eigenvalue weighted by Gasteiger charge is 2.24. The second-order valence-corrected chi connectivity index (χ2v) is 7.09. The van der Waals surface area contributed by atoms with E-state index in [1.54, 1.807) is 6.33 Å². The summed E-state index contributed by atoms with van der Waals surface area (Å²) in [5, 5.41) is 4.43. The molecule has 6 heteroatoms. The smallest absolute Gasteiger partial charge is 0.254 e. The van der Waals surface area contributed by atoms with Crippen LogP contribution in [0.1, 0.15) is 29.3 Å². The van der Waals surface area contributed by atoms with E-state index in [0.717, 1.165) is 44.1 Å². The van der Waals surface area contributed by atoms with Crippen molar-refractivity contribution in [2.24, 2.45) is 0 Å². The van der Waals surface area contributed by atoms with Gasteiger partial charge in [0.1, 0.15) is 12.1 Å². The first-order valence-electron chi connectivity index (χ1n) is 9.35. The summed E-state index contributed by atoms with van der Waals surface area (Å²) < 4.78 is 1.90. The Morgan fingerprint density at radius 2 is 1.73 bits per heavy atom. The molecule has 136 valence electrons. The van der Waals surface area contributed by atoms with E-state index >= 15 is 0 Å². The van der Waals surface area contributed by atoms with Gasteiger partial charge in [-0.2, -0.15) is 14.6 Å². The Morgan fingerprint density at radius 3 is 2.46 bits per heavy atom. The summed E-state index contributed by atoms with van der Waals surface area (Å²) in [7, 11) is 0. The summed E-state index contributed by atoms with van der Waals surface area (Å²) in [6.45, 7) is 12.6. The molecule has 0 spiro atoms. The van der Waals surface area contributed by atoms with Crippen LogP contribution in [-0.2, 0) is 6.42 Å². The fourth-order valence-electron chi connectivity index (χ4n) is 3.93. The summed E-state index contributed by atoms with van der Waals surface area (Å²) in [6, 6.07) is 6.70. The number of fused-ring (bicyclic) bond motifs is 1. The van der Waals surface area contributed by atoms with Crippen molar-refractivity contribution in [1.82, 2.24) is 19.6 Å². The largest absolute Gasteiger partial charge is 0.368 e. The van der Waals surface area contributed by atoms with Gasteiger partial charge in [-0.15, -0.1) is 0 Å². The molecule has 1 aromatic carbocycles. The second kappa shape index (κ2) is 6.59. The first-order chi connectivity index (χ1) is 12.6. The van der Waals surface area contributed by atoms with Crippen LogP contribution in [0.25, 0.3) is 5.78 Å². The van der Waals surface area contributed by atoms with Crippen molar-refractivity contribution in [2.45, 2.75) is 34.1 Å². The van der Waals surface area contributed by atoms with E-state index in [1.165, 1.54) is 22.4 Å². The van der Waals surface area contributed by atoms with Gasteiger partial charge in [-0.1, -0.05) is 19.1 Å². The average molecular weight is 350 g/mol. The number of aromatic nitrogens is 4. The van der Waals surface area contributed by atoms with E-state index < -0.39 is 0 Å². The molecule has 1 aliphatic rings. The Hall–Kier alpha value is -2.63. The lowest BCUT2D eigenvalue weighted by Crippen LogP contribution is -2.47. The third-order valence-corrected chi connectivity index (χ3v) is 5.34. The zero-order chi connectivity index (χ0) is 18.3. The van der Waals surface area contributed by atoms with Crippen LogP contribution in [0.15, 0.2) is 24.5 Å². The molecule has 0 amide bonds. The third-order valence-electron chi connectivity index (χ3n) is 5.34. The molecule has 1 saturated heterocycles. The van der Waals surface area contributed by atoms with Crippen LogP contribution in [0.3, 0.4) is 0 Å². The minimum atomic E-state index is 0.687. The minimum Gasteiger partial charge on any atom is -0.368 e. The highest BCUT2D eigenvalue weighted by atomic mass is 15.4. The SMILES string of the molecule is CCc1c(C)nc2ncnn2c1N1CCN(c2cc(C)ccc2C)CC1. The molecule has 0 saturated carbocycles. The van der Waals surface area contributed by atoms with Gasteiger partial charge in [-0.05, 0) is 44.4 Å². The molecule has 1 aliphatic heterocycles. The molecular weight excluding hydrogens is 324 g/mol. The maximum Gasteiger partial charge on any atom is 0.254 e. The summed E-state index contributed by atoms with van der Waals surface area (Å²) in [5.41, 5.74) is 6.34. The normalized spacial score (nSPS) is 15.1. The standard InChI is InChI=1S/C20H26N6/c1-5-17-16(4)23-20-21-13-22-26(20)19(17)25-10-8-24(9-11-25)18-12-14(2)6-7-15(18)3/h6-7,12-13H,5,8-11H2,1-4H3. The van der Waals surface area contributed by atoms with E-state index in [1.807, 2.05) is 4.52 Å². The van der Waals surface area contributed by atoms with Crippen LogP contribution in [0.5, 0.6) is 0 Å². The maximum absolute atomic E-state index is 4.60. The van der Waals surface area contributed by atoms with Crippen molar-refractivity contribution < 1.29 is 0 Å². The number of hydrogen-bond donors (Lipinski definition) is 0. The lowest BCUT2D eigenvalue weighted by atomic mass is 10.1. The van der Waals surface area contributed by atoms with Gasteiger partial charge < -0.3 is 9.80 Å². The van der Waals surface area contributed by atoms with E-state index in [4.69, 9.17) is 0 Å². The zero-order valence-corrected chi connectivity index (χ0v) is 16.0. The highest BCUT2D eigenvalue weighted by Crippen LogP contribution is 2.27. The third kappa shape index (κ3) is 2.79. The van der Waals surface area contributed by atoms with Gasteiger partial charge in [0.2, 0.25) is 0 Å². The van der Waals surface area contributed by atoms with Gasteiger partial charge in [0, 0.05) is 43.1 Å². The monoisotopic (exact) mass is 350 g/mol. The van der Waals surface area contributed by atoms with Gasteiger partial charge in [-0.3, -0.25) is 0 Å². The number of hydrogen-bond acceptors (Lipinski definition) is 5. The Morgan fingerprint density at radius 1 is 1.00 bits per heavy atom. The van der Waals surface area contributed by atoms with Crippen molar-refractivity contribution in [1.29, 1.82) is 0 Å². The molecule has 2 aromatic heterocycles. The number of nitrogens with zero attached hydrogens (tertiary/aromatic N) is 6. The Labute approximate surface area is 154 Å². The van der Waals surface area contributed by atoms with Crippen molar-refractivity contribution in [2.75, 3.05) is 36.0 Å². The molecule has 0 aliphatic carbocycles. The Bertz CT molecular complexity index is 937.